The van der Waals surface area contributed by atoms with Gasteiger partial charge in [0.05, 0.1) is 11.4 Å². The van der Waals surface area contributed by atoms with Crippen molar-refractivity contribution >= 4 is 29.2 Å². The van der Waals surface area contributed by atoms with E-state index < -0.39 is 0 Å². The number of carbonyl (C=O) groups is 3. The van der Waals surface area contributed by atoms with Crippen molar-refractivity contribution in [3.05, 3.63) is 83.9 Å². The minimum Gasteiger partial charge on any atom is -0.454 e. The number of ether oxygens (including phenoxy) is 2. The Hall–Kier alpha value is -4.53. The van der Waals surface area contributed by atoms with Crippen molar-refractivity contribution in [2.45, 2.75) is 13.1 Å². The maximum Gasteiger partial charge on any atom is 0.322 e. The van der Waals surface area contributed by atoms with E-state index in [1.54, 1.807) is 30.3 Å². The molecule has 0 radical (unpaired) electrons. The lowest BCUT2D eigenvalue weighted by Gasteiger charge is -2.35. The highest BCUT2D eigenvalue weighted by Gasteiger charge is 2.33. The highest BCUT2D eigenvalue weighted by Crippen LogP contribution is 2.34. The fraction of sp³-hybridized carbons (Fsp3) is 0.192. The van der Waals surface area contributed by atoms with E-state index in [1.807, 2.05) is 42.5 Å². The van der Waals surface area contributed by atoms with Gasteiger partial charge in [0.2, 0.25) is 18.6 Å². The molecular weight excluding hydrogens is 448 g/mol. The number of anilines is 2. The maximum absolute atomic E-state index is 13.0. The van der Waals surface area contributed by atoms with E-state index in [2.05, 4.69) is 10.6 Å². The van der Waals surface area contributed by atoms with Gasteiger partial charge in [-0.15, -0.1) is 0 Å². The van der Waals surface area contributed by atoms with Gasteiger partial charge in [0.25, 0.3) is 0 Å². The molecule has 0 fully saturated rings. The molecule has 9 nitrogen and oxygen atoms in total. The third-order valence-electron chi connectivity index (χ3n) is 5.82. The molecule has 2 N–H and O–H groups in total. The number of benzene rings is 3. The molecule has 4 amide bonds. The van der Waals surface area contributed by atoms with E-state index in [0.717, 1.165) is 11.1 Å². The maximum atomic E-state index is 13.0. The number of urea groups is 1. The van der Waals surface area contributed by atoms with Gasteiger partial charge in [-0.2, -0.15) is 0 Å². The molecule has 3 aromatic carbocycles. The van der Waals surface area contributed by atoms with Crippen molar-refractivity contribution in [3.63, 3.8) is 0 Å². The standard InChI is InChI=1S/C26H24N4O5/c31-24(27-14-19-10-11-22-23(12-19)35-17-34-22)15-29-20-8-4-5-9-21(20)30(16-25(29)32)26(33)28-13-18-6-2-1-3-7-18/h1-12H,13-17H2,(H,27,31)(H,28,33). The lowest BCUT2D eigenvalue weighted by molar-refractivity contribution is -0.123. The van der Waals surface area contributed by atoms with Gasteiger partial charge in [-0.05, 0) is 35.4 Å². The van der Waals surface area contributed by atoms with E-state index in [9.17, 15) is 14.4 Å². The average Bonchev–Trinajstić information content (AvgIpc) is 3.36. The summed E-state index contributed by atoms with van der Waals surface area (Å²) in [4.78, 5) is 41.4. The van der Waals surface area contributed by atoms with Gasteiger partial charge in [-0.25, -0.2) is 4.79 Å². The summed E-state index contributed by atoms with van der Waals surface area (Å²) in [5, 5.41) is 5.70. The molecule has 5 rings (SSSR count). The predicted molar refractivity (Wildman–Crippen MR) is 129 cm³/mol. The van der Waals surface area contributed by atoms with Crippen molar-refractivity contribution in [2.75, 3.05) is 29.7 Å². The van der Waals surface area contributed by atoms with Gasteiger partial charge in [0, 0.05) is 13.1 Å². The summed E-state index contributed by atoms with van der Waals surface area (Å²) >= 11 is 0. The van der Waals surface area contributed by atoms with E-state index in [1.165, 1.54) is 9.80 Å². The quantitative estimate of drug-likeness (QED) is 0.575. The lowest BCUT2D eigenvalue weighted by Crippen LogP contribution is -2.53. The number of rotatable bonds is 6. The van der Waals surface area contributed by atoms with Gasteiger partial charge >= 0.3 is 6.03 Å². The van der Waals surface area contributed by atoms with Gasteiger partial charge < -0.3 is 20.1 Å². The number of para-hydroxylation sites is 2. The molecule has 3 aromatic rings. The summed E-state index contributed by atoms with van der Waals surface area (Å²) in [6.45, 7) is 0.502. The largest absolute Gasteiger partial charge is 0.454 e. The third-order valence-corrected chi connectivity index (χ3v) is 5.82. The Balaban J connectivity index is 1.24. The van der Waals surface area contributed by atoms with Crippen LogP contribution in [0.15, 0.2) is 72.8 Å². The minimum atomic E-state index is -0.374. The summed E-state index contributed by atoms with van der Waals surface area (Å²) in [6.07, 6.45) is 0. The average molecular weight is 473 g/mol. The molecule has 178 valence electrons. The Bertz CT molecular complexity index is 1260. The second-order valence-corrected chi connectivity index (χ2v) is 8.16. The van der Waals surface area contributed by atoms with Crippen LogP contribution in [0, 0.1) is 0 Å². The van der Waals surface area contributed by atoms with Crippen LogP contribution in [0.2, 0.25) is 0 Å². The normalized spacial score (nSPS) is 13.9. The molecule has 0 atom stereocenters. The number of nitrogens with zero attached hydrogens (tertiary/aromatic N) is 2. The summed E-state index contributed by atoms with van der Waals surface area (Å²) in [6, 6.07) is 21.7. The van der Waals surface area contributed by atoms with Gasteiger partial charge in [-0.3, -0.25) is 19.4 Å². The molecular formula is C26H24N4O5. The van der Waals surface area contributed by atoms with Crippen molar-refractivity contribution in [1.29, 1.82) is 0 Å². The van der Waals surface area contributed by atoms with Crippen molar-refractivity contribution in [2.24, 2.45) is 0 Å². The summed E-state index contributed by atoms with van der Waals surface area (Å²) in [7, 11) is 0. The van der Waals surface area contributed by atoms with Crippen LogP contribution in [0.4, 0.5) is 16.2 Å². The van der Waals surface area contributed by atoms with E-state index in [-0.39, 0.29) is 44.3 Å². The van der Waals surface area contributed by atoms with Gasteiger partial charge in [-0.1, -0.05) is 48.5 Å². The first-order valence-corrected chi connectivity index (χ1v) is 11.2. The first-order chi connectivity index (χ1) is 17.1. The Morgan fingerprint density at radius 3 is 2.34 bits per heavy atom. The van der Waals surface area contributed by atoms with E-state index in [0.29, 0.717) is 29.4 Å². The Labute approximate surface area is 202 Å². The second-order valence-electron chi connectivity index (χ2n) is 8.16. The van der Waals surface area contributed by atoms with Crippen LogP contribution >= 0.6 is 0 Å². The third kappa shape index (κ3) is 4.89. The fourth-order valence-electron chi connectivity index (χ4n) is 4.04. The summed E-state index contributed by atoms with van der Waals surface area (Å²) in [5.41, 5.74) is 2.89. The van der Waals surface area contributed by atoms with Crippen LogP contribution in [0.5, 0.6) is 11.5 Å². The second kappa shape index (κ2) is 9.76. The Morgan fingerprint density at radius 1 is 0.800 bits per heavy atom. The van der Waals surface area contributed by atoms with Crippen molar-refractivity contribution < 1.29 is 23.9 Å². The van der Waals surface area contributed by atoms with Crippen LogP contribution in [0.1, 0.15) is 11.1 Å². The first-order valence-electron chi connectivity index (χ1n) is 11.2. The molecule has 0 bridgehead atoms. The number of carbonyl (C=O) groups excluding carboxylic acids is 3. The van der Waals surface area contributed by atoms with Gasteiger partial charge in [0.15, 0.2) is 11.5 Å². The molecule has 0 saturated heterocycles. The molecule has 2 aliphatic rings. The first kappa shape index (κ1) is 22.3. The monoisotopic (exact) mass is 472 g/mol. The fourth-order valence-corrected chi connectivity index (χ4v) is 4.04. The van der Waals surface area contributed by atoms with Crippen LogP contribution in [-0.4, -0.2) is 37.7 Å². The molecule has 0 aromatic heterocycles. The van der Waals surface area contributed by atoms with Gasteiger partial charge in [0.1, 0.15) is 13.1 Å². The predicted octanol–water partition coefficient (Wildman–Crippen LogP) is 2.79. The highest BCUT2D eigenvalue weighted by molar-refractivity contribution is 6.12. The minimum absolute atomic E-state index is 0.153. The number of hydrogen-bond acceptors (Lipinski definition) is 5. The van der Waals surface area contributed by atoms with Crippen LogP contribution in [0.25, 0.3) is 0 Å². The van der Waals surface area contributed by atoms with Crippen molar-refractivity contribution in [3.8, 4) is 11.5 Å². The number of nitrogens with one attached hydrogen (secondary N) is 2. The molecule has 2 heterocycles. The highest BCUT2D eigenvalue weighted by atomic mass is 16.7. The summed E-state index contributed by atoms with van der Waals surface area (Å²) in [5.74, 6) is 0.667. The molecule has 0 saturated carbocycles. The molecule has 0 unspecified atom stereocenters. The zero-order chi connectivity index (χ0) is 24.2. The molecule has 35 heavy (non-hydrogen) atoms. The zero-order valence-corrected chi connectivity index (χ0v) is 18.9. The van der Waals surface area contributed by atoms with E-state index >= 15 is 0 Å². The van der Waals surface area contributed by atoms with Crippen LogP contribution in [-0.2, 0) is 22.7 Å². The molecule has 0 aliphatic carbocycles. The number of fused-ring (bicyclic) bond motifs is 2. The number of hydrogen-bond donors (Lipinski definition) is 2. The van der Waals surface area contributed by atoms with Crippen LogP contribution in [0.3, 0.4) is 0 Å². The zero-order valence-electron chi connectivity index (χ0n) is 18.9. The Morgan fingerprint density at radius 2 is 1.51 bits per heavy atom. The molecule has 0 spiro atoms. The smallest absolute Gasteiger partial charge is 0.322 e. The molecule has 9 heteroatoms. The molecule has 2 aliphatic heterocycles. The Kier molecular flexibility index (Phi) is 6.21. The summed E-state index contributed by atoms with van der Waals surface area (Å²) < 4.78 is 10.7. The van der Waals surface area contributed by atoms with Crippen molar-refractivity contribution in [1.82, 2.24) is 10.6 Å². The van der Waals surface area contributed by atoms with E-state index in [4.69, 9.17) is 9.47 Å². The lowest BCUT2D eigenvalue weighted by atomic mass is 10.1. The number of amides is 4. The topological polar surface area (TPSA) is 100 Å². The SMILES string of the molecule is O=C(CN1C(=O)CN(C(=O)NCc2ccccc2)c2ccccc21)NCc1ccc2c(c1)OCO2. The van der Waals surface area contributed by atoms with Crippen LogP contribution < -0.4 is 29.9 Å².